The Labute approximate surface area is 115 Å². The van der Waals surface area contributed by atoms with E-state index in [2.05, 4.69) is 10.0 Å². The van der Waals surface area contributed by atoms with Crippen molar-refractivity contribution in [3.05, 3.63) is 0 Å². The van der Waals surface area contributed by atoms with Crippen LogP contribution in [0.5, 0.6) is 0 Å². The van der Waals surface area contributed by atoms with Gasteiger partial charge in [-0.2, -0.15) is 0 Å². The molecular formula is C12H23N3O3S. The van der Waals surface area contributed by atoms with Gasteiger partial charge in [0.15, 0.2) is 0 Å². The van der Waals surface area contributed by atoms with E-state index in [1.165, 1.54) is 6.26 Å². The van der Waals surface area contributed by atoms with Gasteiger partial charge in [-0.3, -0.25) is 4.79 Å². The van der Waals surface area contributed by atoms with E-state index in [1.807, 2.05) is 4.90 Å². The molecule has 1 atom stereocenters. The molecule has 0 saturated carbocycles. The average molecular weight is 289 g/mol. The van der Waals surface area contributed by atoms with Gasteiger partial charge in [-0.1, -0.05) is 6.42 Å². The highest BCUT2D eigenvalue weighted by Crippen LogP contribution is 2.15. The van der Waals surface area contributed by atoms with E-state index in [9.17, 15) is 13.2 Å². The molecule has 0 spiro atoms. The van der Waals surface area contributed by atoms with E-state index in [-0.39, 0.29) is 18.0 Å². The maximum atomic E-state index is 12.3. The maximum Gasteiger partial charge on any atom is 0.239 e. The van der Waals surface area contributed by atoms with Crippen molar-refractivity contribution in [1.82, 2.24) is 14.9 Å². The second kappa shape index (κ2) is 6.19. The number of hydrogen-bond acceptors (Lipinski definition) is 4. The van der Waals surface area contributed by atoms with Crippen LogP contribution in [-0.2, 0) is 14.8 Å². The van der Waals surface area contributed by atoms with Crippen molar-refractivity contribution in [1.29, 1.82) is 0 Å². The van der Waals surface area contributed by atoms with Gasteiger partial charge < -0.3 is 10.2 Å². The lowest BCUT2D eigenvalue weighted by Crippen LogP contribution is -2.53. The van der Waals surface area contributed by atoms with Crippen molar-refractivity contribution < 1.29 is 13.2 Å². The van der Waals surface area contributed by atoms with E-state index in [1.54, 1.807) is 0 Å². The summed E-state index contributed by atoms with van der Waals surface area (Å²) in [5, 5.41) is 3.26. The predicted molar refractivity (Wildman–Crippen MR) is 73.2 cm³/mol. The Balaban J connectivity index is 1.80. The molecule has 1 amide bonds. The Kier molecular flexibility index (Phi) is 4.81. The minimum absolute atomic E-state index is 0.0293. The molecule has 0 aliphatic carbocycles. The highest BCUT2D eigenvalue weighted by Gasteiger charge is 2.29. The predicted octanol–water partition coefficient (Wildman–Crippen LogP) is -0.331. The molecular weight excluding hydrogens is 266 g/mol. The van der Waals surface area contributed by atoms with Crippen molar-refractivity contribution >= 4 is 15.9 Å². The van der Waals surface area contributed by atoms with E-state index < -0.39 is 10.0 Å². The molecule has 0 radical (unpaired) electrons. The highest BCUT2D eigenvalue weighted by molar-refractivity contribution is 7.88. The normalized spacial score (nSPS) is 26.4. The van der Waals surface area contributed by atoms with Crippen molar-refractivity contribution in [2.24, 2.45) is 0 Å². The van der Waals surface area contributed by atoms with Crippen LogP contribution in [0.2, 0.25) is 0 Å². The minimum atomic E-state index is -3.15. The van der Waals surface area contributed by atoms with Gasteiger partial charge in [0, 0.05) is 19.1 Å². The topological polar surface area (TPSA) is 78.5 Å². The summed E-state index contributed by atoms with van der Waals surface area (Å²) in [6.45, 7) is 2.21. The number of amides is 1. The third-order valence-corrected chi connectivity index (χ3v) is 4.56. The Morgan fingerprint density at radius 2 is 1.89 bits per heavy atom. The van der Waals surface area contributed by atoms with Gasteiger partial charge >= 0.3 is 0 Å². The third-order valence-electron chi connectivity index (χ3n) is 3.80. The first-order valence-electron chi connectivity index (χ1n) is 6.95. The summed E-state index contributed by atoms with van der Waals surface area (Å²) in [4.78, 5) is 14.1. The van der Waals surface area contributed by atoms with Gasteiger partial charge in [-0.05, 0) is 32.2 Å². The molecule has 7 heteroatoms. The zero-order valence-electron chi connectivity index (χ0n) is 11.4. The fourth-order valence-electron chi connectivity index (χ4n) is 2.80. The first kappa shape index (κ1) is 14.7. The van der Waals surface area contributed by atoms with E-state index in [0.717, 1.165) is 25.8 Å². The lowest BCUT2D eigenvalue weighted by molar-refractivity contribution is -0.135. The summed E-state index contributed by atoms with van der Waals surface area (Å²) >= 11 is 0. The quantitative estimate of drug-likeness (QED) is 0.745. The molecule has 6 nitrogen and oxygen atoms in total. The number of sulfonamides is 1. The summed E-state index contributed by atoms with van der Waals surface area (Å²) in [6.07, 6.45) is 5.74. The van der Waals surface area contributed by atoms with Gasteiger partial charge in [-0.25, -0.2) is 13.1 Å². The third kappa shape index (κ3) is 4.43. The number of piperidine rings is 2. The first-order chi connectivity index (χ1) is 8.96. The minimum Gasteiger partial charge on any atom is -0.341 e. The van der Waals surface area contributed by atoms with Crippen LogP contribution in [0.4, 0.5) is 0 Å². The van der Waals surface area contributed by atoms with Gasteiger partial charge in [0.25, 0.3) is 0 Å². The molecule has 2 aliphatic heterocycles. The summed E-state index contributed by atoms with van der Waals surface area (Å²) in [6, 6.07) is -0.0634. The monoisotopic (exact) mass is 289 g/mol. The van der Waals surface area contributed by atoms with Crippen LogP contribution in [-0.4, -0.2) is 57.2 Å². The summed E-state index contributed by atoms with van der Waals surface area (Å²) < 4.78 is 24.9. The molecule has 2 N–H and O–H groups in total. The van der Waals surface area contributed by atoms with Crippen molar-refractivity contribution in [2.45, 2.75) is 44.2 Å². The smallest absolute Gasteiger partial charge is 0.239 e. The summed E-state index contributed by atoms with van der Waals surface area (Å²) in [5.74, 6) is 0.178. The van der Waals surface area contributed by atoms with Gasteiger partial charge in [0.1, 0.15) is 0 Å². The molecule has 110 valence electrons. The Morgan fingerprint density at radius 3 is 2.42 bits per heavy atom. The fourth-order valence-corrected chi connectivity index (χ4v) is 3.64. The molecule has 0 unspecified atom stereocenters. The van der Waals surface area contributed by atoms with Gasteiger partial charge in [0.05, 0.1) is 12.3 Å². The Bertz CT molecular complexity index is 410. The largest absolute Gasteiger partial charge is 0.341 e. The molecule has 0 aromatic carbocycles. The standard InChI is InChI=1S/C12H23N3O3S/c1-19(17,18)14-10-5-8-15(9-6-10)12(16)11-4-2-3-7-13-11/h10-11,13-14H,2-9H2,1H3/t11-/m0/s1. The average Bonchev–Trinajstić information content (AvgIpc) is 2.38. The van der Waals surface area contributed by atoms with Crippen LogP contribution in [0.3, 0.4) is 0 Å². The number of likely N-dealkylation sites (tertiary alicyclic amines) is 1. The molecule has 2 fully saturated rings. The van der Waals surface area contributed by atoms with Crippen LogP contribution >= 0.6 is 0 Å². The van der Waals surface area contributed by atoms with Crippen LogP contribution in [0, 0.1) is 0 Å². The second-order valence-electron chi connectivity index (χ2n) is 5.49. The van der Waals surface area contributed by atoms with Crippen LogP contribution in [0.25, 0.3) is 0 Å². The lowest BCUT2D eigenvalue weighted by atomic mass is 10.0. The summed E-state index contributed by atoms with van der Waals surface area (Å²) in [7, 11) is -3.15. The van der Waals surface area contributed by atoms with E-state index in [0.29, 0.717) is 25.9 Å². The fraction of sp³-hybridized carbons (Fsp3) is 0.917. The number of carbonyl (C=O) groups is 1. The van der Waals surface area contributed by atoms with Crippen LogP contribution in [0.1, 0.15) is 32.1 Å². The molecule has 0 aromatic heterocycles. The number of carbonyl (C=O) groups excluding carboxylic acids is 1. The van der Waals surface area contributed by atoms with E-state index >= 15 is 0 Å². The molecule has 0 aromatic rings. The highest BCUT2D eigenvalue weighted by atomic mass is 32.2. The molecule has 0 bridgehead atoms. The lowest BCUT2D eigenvalue weighted by Gasteiger charge is -2.35. The van der Waals surface area contributed by atoms with Crippen molar-refractivity contribution in [2.75, 3.05) is 25.9 Å². The molecule has 2 saturated heterocycles. The maximum absolute atomic E-state index is 12.3. The van der Waals surface area contributed by atoms with Crippen LogP contribution < -0.4 is 10.0 Å². The number of nitrogens with zero attached hydrogens (tertiary/aromatic N) is 1. The van der Waals surface area contributed by atoms with Crippen molar-refractivity contribution in [3.8, 4) is 0 Å². The zero-order valence-corrected chi connectivity index (χ0v) is 12.2. The number of nitrogens with one attached hydrogen (secondary N) is 2. The van der Waals surface area contributed by atoms with Crippen LogP contribution in [0.15, 0.2) is 0 Å². The molecule has 2 rings (SSSR count). The second-order valence-corrected chi connectivity index (χ2v) is 7.27. The number of hydrogen-bond donors (Lipinski definition) is 2. The molecule has 19 heavy (non-hydrogen) atoms. The summed E-state index contributed by atoms with van der Waals surface area (Å²) in [5.41, 5.74) is 0. The van der Waals surface area contributed by atoms with Crippen molar-refractivity contribution in [3.63, 3.8) is 0 Å². The van der Waals surface area contributed by atoms with Gasteiger partial charge in [-0.15, -0.1) is 0 Å². The van der Waals surface area contributed by atoms with E-state index in [4.69, 9.17) is 0 Å². The Hall–Kier alpha value is -0.660. The first-order valence-corrected chi connectivity index (χ1v) is 8.84. The zero-order chi connectivity index (χ0) is 13.9. The van der Waals surface area contributed by atoms with Gasteiger partial charge in [0.2, 0.25) is 15.9 Å². The number of rotatable bonds is 3. The Morgan fingerprint density at radius 1 is 1.21 bits per heavy atom. The SMILES string of the molecule is CS(=O)(=O)NC1CCN(C(=O)[C@@H]2CCCCN2)CC1. The molecule has 2 aliphatic rings. The molecule has 2 heterocycles.